The Morgan fingerprint density at radius 3 is 2.35 bits per heavy atom. The number of rotatable bonds is 4. The highest BCUT2D eigenvalue weighted by Gasteiger charge is 2.43. The Morgan fingerprint density at radius 1 is 1.29 bits per heavy atom. The molecule has 0 aromatic carbocycles. The topological polar surface area (TPSA) is 120 Å². The summed E-state index contributed by atoms with van der Waals surface area (Å²) in [6.45, 7) is 0. The van der Waals surface area contributed by atoms with E-state index in [9.17, 15) is 19.5 Å². The summed E-state index contributed by atoms with van der Waals surface area (Å²) in [4.78, 5) is 0. The van der Waals surface area contributed by atoms with Crippen LogP contribution in [0.3, 0.4) is 0 Å². The number of methoxy groups -OCH3 is 1. The predicted octanol–water partition coefficient (Wildman–Crippen LogP) is -1.49. The van der Waals surface area contributed by atoms with Crippen molar-refractivity contribution in [1.82, 2.24) is 0 Å². The number of hydrogen-bond donors (Lipinski definition) is 4. The zero-order valence-electron chi connectivity index (χ0n) is 9.78. The van der Waals surface area contributed by atoms with Gasteiger partial charge in [-0.25, -0.2) is 0 Å². The van der Waals surface area contributed by atoms with Crippen molar-refractivity contribution in [2.45, 2.75) is 37.1 Å². The van der Waals surface area contributed by atoms with Gasteiger partial charge in [-0.1, -0.05) is 0 Å². The van der Waals surface area contributed by atoms with Crippen LogP contribution >= 0.6 is 0 Å². The third kappa shape index (κ3) is 3.87. The minimum absolute atomic E-state index is 0.0496. The van der Waals surface area contributed by atoms with E-state index in [1.54, 1.807) is 0 Å². The Morgan fingerprint density at radius 2 is 1.88 bits per heavy atom. The number of hydrogen-bond acceptors (Lipinski definition) is 7. The molecule has 4 N–H and O–H groups in total. The van der Waals surface area contributed by atoms with Crippen molar-refractivity contribution in [1.29, 1.82) is 4.78 Å². The molecular weight excluding hydrogens is 250 g/mol. The van der Waals surface area contributed by atoms with Gasteiger partial charge in [-0.3, -0.25) is 8.99 Å². The van der Waals surface area contributed by atoms with Crippen LogP contribution in [0.1, 0.15) is 6.42 Å². The summed E-state index contributed by atoms with van der Waals surface area (Å²) in [6, 6.07) is 0. The van der Waals surface area contributed by atoms with Gasteiger partial charge in [-0.2, -0.15) is 0 Å². The minimum Gasteiger partial charge on any atom is -0.388 e. The number of nitrogens with one attached hydrogen (secondary N) is 1. The molecule has 1 fully saturated rings. The second-order valence-electron chi connectivity index (χ2n) is 4.25. The second-order valence-corrected chi connectivity index (χ2v) is 6.67. The van der Waals surface area contributed by atoms with Crippen LogP contribution in [-0.2, 0) is 19.2 Å². The molecule has 102 valence electrons. The summed E-state index contributed by atoms with van der Waals surface area (Å²) in [5, 5.41) is 28.7. The van der Waals surface area contributed by atoms with Gasteiger partial charge in [0.05, 0.1) is 6.10 Å². The van der Waals surface area contributed by atoms with Crippen molar-refractivity contribution in [2.24, 2.45) is 0 Å². The first kappa shape index (κ1) is 14.8. The molecule has 0 spiro atoms. The number of aliphatic hydroxyl groups excluding tert-OH is 3. The van der Waals surface area contributed by atoms with E-state index in [0.29, 0.717) is 0 Å². The van der Waals surface area contributed by atoms with E-state index in [-0.39, 0.29) is 12.2 Å². The van der Waals surface area contributed by atoms with Crippen molar-refractivity contribution < 1.29 is 29.0 Å². The molecule has 4 unspecified atom stereocenters. The van der Waals surface area contributed by atoms with E-state index in [1.807, 2.05) is 0 Å². The maximum Gasteiger partial charge on any atom is 0.186 e. The Hall–Kier alpha value is -0.250. The fourth-order valence-electron chi connectivity index (χ4n) is 1.69. The summed E-state index contributed by atoms with van der Waals surface area (Å²) in [5.41, 5.74) is 0. The molecule has 1 rings (SSSR count). The Bertz CT molecular complexity index is 343. The molecule has 1 saturated heterocycles. The van der Waals surface area contributed by atoms with Gasteiger partial charge in [0.1, 0.15) is 18.3 Å². The molecule has 8 heteroatoms. The molecule has 1 aliphatic rings. The van der Waals surface area contributed by atoms with Crippen molar-refractivity contribution in [3.8, 4) is 0 Å². The Labute approximate surface area is 100 Å². The van der Waals surface area contributed by atoms with Gasteiger partial charge in [-0.05, 0) is 6.42 Å². The first-order valence-corrected chi connectivity index (χ1v) is 7.33. The van der Waals surface area contributed by atoms with Crippen LogP contribution in [0.5, 0.6) is 0 Å². The van der Waals surface area contributed by atoms with E-state index in [0.717, 1.165) is 0 Å². The molecule has 0 bridgehead atoms. The van der Waals surface area contributed by atoms with E-state index in [4.69, 9.17) is 14.3 Å². The summed E-state index contributed by atoms with van der Waals surface area (Å²) >= 11 is 0. The van der Waals surface area contributed by atoms with Crippen LogP contribution in [-0.4, -0.2) is 69.4 Å². The molecule has 0 aromatic heterocycles. The lowest BCUT2D eigenvalue weighted by Gasteiger charge is -2.39. The lowest BCUT2D eigenvalue weighted by atomic mass is 9.97. The molecule has 0 amide bonds. The minimum atomic E-state index is -2.68. The number of aliphatic hydroxyl groups is 3. The lowest BCUT2D eigenvalue weighted by molar-refractivity contribution is -0.289. The molecular formula is C9H19NO6S. The fourth-order valence-corrected chi connectivity index (χ4v) is 2.37. The first-order valence-electron chi connectivity index (χ1n) is 5.20. The average Bonchev–Trinajstić information content (AvgIpc) is 2.24. The van der Waals surface area contributed by atoms with Gasteiger partial charge in [0, 0.05) is 28.8 Å². The zero-order chi connectivity index (χ0) is 13.2. The van der Waals surface area contributed by atoms with Gasteiger partial charge in [0.25, 0.3) is 0 Å². The van der Waals surface area contributed by atoms with Crippen LogP contribution in [0.4, 0.5) is 0 Å². The highest BCUT2D eigenvalue weighted by atomic mass is 32.2. The summed E-state index contributed by atoms with van der Waals surface area (Å²) in [6.07, 6.45) is -4.37. The van der Waals surface area contributed by atoms with E-state index < -0.39 is 40.4 Å². The molecule has 6 atom stereocenters. The van der Waals surface area contributed by atoms with Gasteiger partial charge < -0.3 is 24.8 Å². The molecule has 1 heterocycles. The third-order valence-electron chi connectivity index (χ3n) is 2.69. The van der Waals surface area contributed by atoms with Crippen LogP contribution in [0, 0.1) is 4.78 Å². The Kier molecular flexibility index (Phi) is 4.87. The zero-order valence-corrected chi connectivity index (χ0v) is 10.6. The Balaban J connectivity index is 2.66. The van der Waals surface area contributed by atoms with Crippen molar-refractivity contribution in [3.63, 3.8) is 0 Å². The smallest absolute Gasteiger partial charge is 0.186 e. The SMILES string of the molecule is CO[C@H]1OC(CCS(C)(=N)=O)[C@@H](O)C(O)C1O. The highest BCUT2D eigenvalue weighted by molar-refractivity contribution is 7.91. The summed E-state index contributed by atoms with van der Waals surface area (Å²) < 4.78 is 28.5. The van der Waals surface area contributed by atoms with Crippen LogP contribution in [0.15, 0.2) is 0 Å². The standard InChI is InChI=1S/C9H19NO6S/c1-15-9-8(13)7(12)6(11)5(16-9)3-4-17(2,10)14/h5-13H,3-4H2,1-2H3/t5?,6-,7?,8?,9+,17?/m1/s1. The summed E-state index contributed by atoms with van der Waals surface area (Å²) in [5.74, 6) is 0.0496. The molecule has 0 radical (unpaired) electrons. The van der Waals surface area contributed by atoms with Gasteiger partial charge in [-0.15, -0.1) is 0 Å². The third-order valence-corrected chi connectivity index (χ3v) is 3.71. The second kappa shape index (κ2) is 5.59. The van der Waals surface area contributed by atoms with Crippen LogP contribution in [0.25, 0.3) is 0 Å². The monoisotopic (exact) mass is 269 g/mol. The maximum atomic E-state index is 11.2. The van der Waals surface area contributed by atoms with Crippen molar-refractivity contribution in [2.75, 3.05) is 19.1 Å². The van der Waals surface area contributed by atoms with Crippen LogP contribution in [0.2, 0.25) is 0 Å². The van der Waals surface area contributed by atoms with E-state index in [2.05, 4.69) is 0 Å². The number of ether oxygens (including phenoxy) is 2. The molecule has 0 aliphatic carbocycles. The summed E-state index contributed by atoms with van der Waals surface area (Å²) in [7, 11) is -1.37. The normalized spacial score (nSPS) is 42.1. The quantitative estimate of drug-likeness (QED) is 0.493. The maximum absolute atomic E-state index is 11.2. The highest BCUT2D eigenvalue weighted by Crippen LogP contribution is 2.23. The van der Waals surface area contributed by atoms with Crippen molar-refractivity contribution >= 4 is 9.73 Å². The van der Waals surface area contributed by atoms with Gasteiger partial charge in [0.15, 0.2) is 6.29 Å². The van der Waals surface area contributed by atoms with Gasteiger partial charge in [0.2, 0.25) is 0 Å². The molecule has 0 saturated carbocycles. The molecule has 1 aliphatic heterocycles. The van der Waals surface area contributed by atoms with Crippen molar-refractivity contribution in [3.05, 3.63) is 0 Å². The molecule has 7 nitrogen and oxygen atoms in total. The van der Waals surface area contributed by atoms with Gasteiger partial charge >= 0.3 is 0 Å². The average molecular weight is 269 g/mol. The largest absolute Gasteiger partial charge is 0.388 e. The predicted molar refractivity (Wildman–Crippen MR) is 60.0 cm³/mol. The van der Waals surface area contributed by atoms with E-state index in [1.165, 1.54) is 13.4 Å². The van der Waals surface area contributed by atoms with Crippen LogP contribution < -0.4 is 0 Å². The first-order chi connectivity index (χ1) is 7.76. The lowest BCUT2D eigenvalue weighted by Crippen LogP contribution is -2.58. The molecule has 0 aromatic rings. The van der Waals surface area contributed by atoms with E-state index >= 15 is 0 Å². The fraction of sp³-hybridized carbons (Fsp3) is 1.00. The molecule has 17 heavy (non-hydrogen) atoms.